The second kappa shape index (κ2) is 10.1. The SMILES string of the molecule is CC(OC(=O)c1ccccc1OCc1ccc(F)cc1)C(=O)NC1(C#N)CCCCC1. The van der Waals surface area contributed by atoms with Crippen LogP contribution in [0, 0.1) is 17.1 Å². The van der Waals surface area contributed by atoms with Crippen molar-refractivity contribution < 1.29 is 23.5 Å². The van der Waals surface area contributed by atoms with Crippen molar-refractivity contribution in [3.8, 4) is 11.8 Å². The van der Waals surface area contributed by atoms with Gasteiger partial charge in [0.2, 0.25) is 0 Å². The molecule has 31 heavy (non-hydrogen) atoms. The van der Waals surface area contributed by atoms with Gasteiger partial charge in [0.05, 0.1) is 6.07 Å². The molecule has 162 valence electrons. The van der Waals surface area contributed by atoms with Gasteiger partial charge < -0.3 is 14.8 Å². The molecule has 0 aliphatic heterocycles. The predicted molar refractivity (Wildman–Crippen MR) is 112 cm³/mol. The van der Waals surface area contributed by atoms with Crippen molar-refractivity contribution in [1.29, 1.82) is 5.26 Å². The average Bonchev–Trinajstić information content (AvgIpc) is 2.79. The zero-order chi connectivity index (χ0) is 22.3. The molecule has 7 heteroatoms. The molecule has 2 aromatic rings. The van der Waals surface area contributed by atoms with E-state index in [1.54, 1.807) is 36.4 Å². The Hall–Kier alpha value is -3.40. The zero-order valence-corrected chi connectivity index (χ0v) is 17.4. The van der Waals surface area contributed by atoms with Crippen LogP contribution in [-0.2, 0) is 16.1 Å². The number of nitrogens with zero attached hydrogens (tertiary/aromatic N) is 1. The molecule has 0 saturated heterocycles. The van der Waals surface area contributed by atoms with Crippen LogP contribution >= 0.6 is 0 Å². The van der Waals surface area contributed by atoms with Crippen molar-refractivity contribution in [1.82, 2.24) is 5.32 Å². The Morgan fingerprint density at radius 3 is 2.48 bits per heavy atom. The number of esters is 1. The number of nitriles is 1. The lowest BCUT2D eigenvalue weighted by atomic mass is 9.83. The maximum atomic E-state index is 13.0. The molecule has 0 aromatic heterocycles. The van der Waals surface area contributed by atoms with Crippen LogP contribution in [0.15, 0.2) is 48.5 Å². The van der Waals surface area contributed by atoms with E-state index in [0.29, 0.717) is 18.6 Å². The van der Waals surface area contributed by atoms with E-state index in [9.17, 15) is 19.2 Å². The predicted octanol–water partition coefficient (Wildman–Crippen LogP) is 4.29. The van der Waals surface area contributed by atoms with E-state index in [0.717, 1.165) is 24.8 Å². The third-order valence-corrected chi connectivity index (χ3v) is 5.35. The highest BCUT2D eigenvalue weighted by atomic mass is 19.1. The van der Waals surface area contributed by atoms with Crippen molar-refractivity contribution in [3.05, 3.63) is 65.5 Å². The van der Waals surface area contributed by atoms with Gasteiger partial charge in [0.1, 0.15) is 29.3 Å². The molecule has 6 nitrogen and oxygen atoms in total. The Morgan fingerprint density at radius 1 is 1.13 bits per heavy atom. The van der Waals surface area contributed by atoms with Gasteiger partial charge in [-0.15, -0.1) is 0 Å². The fourth-order valence-corrected chi connectivity index (χ4v) is 3.54. The van der Waals surface area contributed by atoms with Crippen LogP contribution in [0.4, 0.5) is 4.39 Å². The van der Waals surface area contributed by atoms with Crippen molar-refractivity contribution in [2.75, 3.05) is 0 Å². The number of para-hydroxylation sites is 1. The van der Waals surface area contributed by atoms with Gasteiger partial charge in [0.25, 0.3) is 5.91 Å². The smallest absolute Gasteiger partial charge is 0.342 e. The first-order valence-electron chi connectivity index (χ1n) is 10.3. The highest BCUT2D eigenvalue weighted by Gasteiger charge is 2.35. The number of nitrogens with one attached hydrogen (secondary N) is 1. The van der Waals surface area contributed by atoms with E-state index in [4.69, 9.17) is 9.47 Å². The molecule has 2 aromatic carbocycles. The second-order valence-electron chi connectivity index (χ2n) is 7.70. The van der Waals surface area contributed by atoms with Crippen LogP contribution in [-0.4, -0.2) is 23.5 Å². The number of amides is 1. The molecule has 1 unspecified atom stereocenters. The Bertz CT molecular complexity index is 962. The molecule has 1 aliphatic carbocycles. The molecule has 0 spiro atoms. The van der Waals surface area contributed by atoms with E-state index >= 15 is 0 Å². The minimum atomic E-state index is -1.06. The van der Waals surface area contributed by atoms with Gasteiger partial charge in [0.15, 0.2) is 6.10 Å². The van der Waals surface area contributed by atoms with Crippen LogP contribution in [0.1, 0.15) is 54.9 Å². The van der Waals surface area contributed by atoms with Crippen LogP contribution in [0.3, 0.4) is 0 Å². The minimum absolute atomic E-state index is 0.144. The standard InChI is InChI=1S/C24H25FN2O4/c1-17(22(28)27-24(16-26)13-5-2-6-14-24)31-23(29)20-7-3-4-8-21(20)30-15-18-9-11-19(25)12-10-18/h3-4,7-12,17H,2,5-6,13-15H2,1H3,(H,27,28). The summed E-state index contributed by atoms with van der Waals surface area (Å²) in [5.41, 5.74) is 0.0233. The average molecular weight is 424 g/mol. The Balaban J connectivity index is 1.62. The molecular formula is C24H25FN2O4. The van der Waals surface area contributed by atoms with Gasteiger partial charge in [-0.1, -0.05) is 43.5 Å². The van der Waals surface area contributed by atoms with Gasteiger partial charge in [0, 0.05) is 0 Å². The zero-order valence-electron chi connectivity index (χ0n) is 17.4. The van der Waals surface area contributed by atoms with Crippen LogP contribution in [0.25, 0.3) is 0 Å². The Kier molecular flexibility index (Phi) is 7.24. The number of carbonyl (C=O) groups excluding carboxylic acids is 2. The fraction of sp³-hybridized carbons (Fsp3) is 0.375. The number of ether oxygens (including phenoxy) is 2. The number of halogens is 1. The van der Waals surface area contributed by atoms with E-state index in [1.165, 1.54) is 19.1 Å². The molecule has 0 radical (unpaired) electrons. The summed E-state index contributed by atoms with van der Waals surface area (Å²) < 4.78 is 24.1. The normalized spacial score (nSPS) is 15.9. The van der Waals surface area contributed by atoms with E-state index in [1.807, 2.05) is 0 Å². The van der Waals surface area contributed by atoms with E-state index in [2.05, 4.69) is 11.4 Å². The quantitative estimate of drug-likeness (QED) is 0.670. The lowest BCUT2D eigenvalue weighted by molar-refractivity contribution is -0.130. The fourth-order valence-electron chi connectivity index (χ4n) is 3.54. The molecule has 1 saturated carbocycles. The van der Waals surface area contributed by atoms with Gasteiger partial charge in [-0.3, -0.25) is 4.79 Å². The van der Waals surface area contributed by atoms with Crippen LogP contribution in [0.2, 0.25) is 0 Å². The maximum Gasteiger partial charge on any atom is 0.342 e. The summed E-state index contributed by atoms with van der Waals surface area (Å²) in [6.45, 7) is 1.62. The minimum Gasteiger partial charge on any atom is -0.488 e. The lowest BCUT2D eigenvalue weighted by Crippen LogP contribution is -2.52. The number of hydrogen-bond acceptors (Lipinski definition) is 5. The molecule has 3 rings (SSSR count). The number of benzene rings is 2. The first-order valence-corrected chi connectivity index (χ1v) is 10.3. The second-order valence-corrected chi connectivity index (χ2v) is 7.70. The van der Waals surface area contributed by atoms with Crippen molar-refractivity contribution in [2.45, 2.75) is 57.3 Å². The molecule has 1 atom stereocenters. The number of hydrogen-bond donors (Lipinski definition) is 1. The van der Waals surface area contributed by atoms with E-state index < -0.39 is 23.5 Å². The van der Waals surface area contributed by atoms with E-state index in [-0.39, 0.29) is 18.0 Å². The molecule has 1 amide bonds. The molecule has 1 aliphatic rings. The van der Waals surface area contributed by atoms with Crippen LogP contribution < -0.4 is 10.1 Å². The molecule has 0 heterocycles. The third kappa shape index (κ3) is 5.82. The summed E-state index contributed by atoms with van der Waals surface area (Å²) in [7, 11) is 0. The molecule has 1 N–H and O–H groups in total. The first kappa shape index (κ1) is 22.3. The van der Waals surface area contributed by atoms with Gasteiger partial charge in [-0.25, -0.2) is 9.18 Å². The summed E-state index contributed by atoms with van der Waals surface area (Å²) in [5.74, 6) is -1.25. The summed E-state index contributed by atoms with van der Waals surface area (Å²) >= 11 is 0. The Morgan fingerprint density at radius 2 is 1.81 bits per heavy atom. The van der Waals surface area contributed by atoms with Crippen molar-refractivity contribution in [3.63, 3.8) is 0 Å². The monoisotopic (exact) mass is 424 g/mol. The van der Waals surface area contributed by atoms with Gasteiger partial charge in [-0.05, 0) is 49.6 Å². The lowest BCUT2D eigenvalue weighted by Gasteiger charge is -2.32. The molecule has 1 fully saturated rings. The third-order valence-electron chi connectivity index (χ3n) is 5.35. The first-order chi connectivity index (χ1) is 14.9. The highest BCUT2D eigenvalue weighted by molar-refractivity contribution is 5.94. The topological polar surface area (TPSA) is 88.4 Å². The highest BCUT2D eigenvalue weighted by Crippen LogP contribution is 2.28. The number of carbonyl (C=O) groups is 2. The maximum absolute atomic E-state index is 13.0. The summed E-state index contributed by atoms with van der Waals surface area (Å²) in [5, 5.41) is 12.3. The van der Waals surface area contributed by atoms with Crippen molar-refractivity contribution >= 4 is 11.9 Å². The molecular weight excluding hydrogens is 399 g/mol. The van der Waals surface area contributed by atoms with Crippen molar-refractivity contribution in [2.24, 2.45) is 0 Å². The van der Waals surface area contributed by atoms with Gasteiger partial charge >= 0.3 is 5.97 Å². The largest absolute Gasteiger partial charge is 0.488 e. The summed E-state index contributed by atoms with van der Waals surface area (Å²) in [6.07, 6.45) is 2.91. The van der Waals surface area contributed by atoms with Gasteiger partial charge in [-0.2, -0.15) is 5.26 Å². The van der Waals surface area contributed by atoms with Crippen LogP contribution in [0.5, 0.6) is 5.75 Å². The summed E-state index contributed by atoms with van der Waals surface area (Å²) in [6, 6.07) is 14.6. The Labute approximate surface area is 181 Å². The number of rotatable bonds is 7. The summed E-state index contributed by atoms with van der Waals surface area (Å²) in [4.78, 5) is 25.2. The molecule has 0 bridgehead atoms.